The van der Waals surface area contributed by atoms with Gasteiger partial charge in [0.1, 0.15) is 12.6 Å². The molecule has 0 bridgehead atoms. The van der Waals surface area contributed by atoms with Crippen molar-refractivity contribution in [3.63, 3.8) is 0 Å². The summed E-state index contributed by atoms with van der Waals surface area (Å²) in [5.74, 6) is 0.401. The Balaban J connectivity index is 1.73. The first kappa shape index (κ1) is 20.6. The van der Waals surface area contributed by atoms with Crippen LogP contribution < -0.4 is 15.5 Å². The molecule has 2 amide bonds. The average molecular weight is 381 g/mol. The van der Waals surface area contributed by atoms with Gasteiger partial charge >= 0.3 is 12.0 Å². The van der Waals surface area contributed by atoms with Crippen molar-refractivity contribution in [1.82, 2.24) is 10.6 Å². The summed E-state index contributed by atoms with van der Waals surface area (Å²) in [6, 6.07) is 9.79. The third-order valence-electron chi connectivity index (χ3n) is 4.73. The van der Waals surface area contributed by atoms with Crippen LogP contribution in [0.2, 0.25) is 0 Å². The Morgan fingerprint density at radius 2 is 1.96 bits per heavy atom. The Bertz CT molecular complexity index is 562. The number of benzene rings is 1. The van der Waals surface area contributed by atoms with E-state index in [0.717, 1.165) is 38.2 Å². The summed E-state index contributed by atoms with van der Waals surface area (Å²) < 4.78 is 4.78. The van der Waals surface area contributed by atoms with E-state index >= 15 is 0 Å². The number of piperidine rings is 1. The molecule has 144 valence electrons. The van der Waals surface area contributed by atoms with E-state index in [1.807, 2.05) is 12.3 Å². The summed E-state index contributed by atoms with van der Waals surface area (Å²) in [4.78, 5) is 25.6. The van der Waals surface area contributed by atoms with Gasteiger partial charge in [-0.1, -0.05) is 30.3 Å². The molecule has 0 radical (unpaired) electrons. The number of likely N-dealkylation sites (tertiary alicyclic amines) is 1. The topological polar surface area (TPSA) is 71.9 Å². The van der Waals surface area contributed by atoms with E-state index in [1.54, 1.807) is 16.7 Å². The van der Waals surface area contributed by atoms with Gasteiger partial charge in [-0.05, 0) is 18.4 Å². The van der Waals surface area contributed by atoms with Crippen molar-refractivity contribution in [2.24, 2.45) is 0 Å². The van der Waals surface area contributed by atoms with Crippen LogP contribution >= 0.6 is 11.8 Å². The van der Waals surface area contributed by atoms with E-state index < -0.39 is 12.0 Å². The zero-order valence-corrected chi connectivity index (χ0v) is 16.4. The minimum Gasteiger partial charge on any atom is -0.467 e. The van der Waals surface area contributed by atoms with Crippen molar-refractivity contribution >= 4 is 23.8 Å². The fraction of sp³-hybridized carbons (Fsp3) is 0.579. The number of urea groups is 1. The molecule has 0 aromatic heterocycles. The summed E-state index contributed by atoms with van der Waals surface area (Å²) in [5.41, 5.74) is 1.35. The summed E-state index contributed by atoms with van der Waals surface area (Å²) in [7, 11) is 1.35. The maximum Gasteiger partial charge on any atom is 0.328 e. The Labute approximate surface area is 160 Å². The fourth-order valence-corrected chi connectivity index (χ4v) is 3.72. The molecule has 1 aromatic carbocycles. The summed E-state index contributed by atoms with van der Waals surface area (Å²) >= 11 is 1.64. The highest BCUT2D eigenvalue weighted by molar-refractivity contribution is 7.98. The predicted molar refractivity (Wildman–Crippen MR) is 104 cm³/mol. The zero-order chi connectivity index (χ0) is 18.8. The first-order chi connectivity index (χ1) is 12.6. The van der Waals surface area contributed by atoms with Gasteiger partial charge in [-0.3, -0.25) is 0 Å². The number of carbonyl (C=O) groups excluding carboxylic acids is 2. The number of ether oxygens (including phenoxy) is 1. The van der Waals surface area contributed by atoms with E-state index in [2.05, 4.69) is 34.9 Å². The predicted octanol–water partition coefficient (Wildman–Crippen LogP) is 0.828. The molecular formula is C19H30N3O3S+. The first-order valence-electron chi connectivity index (χ1n) is 9.13. The smallest absolute Gasteiger partial charge is 0.328 e. The van der Waals surface area contributed by atoms with E-state index in [9.17, 15) is 9.59 Å². The Morgan fingerprint density at radius 1 is 1.27 bits per heavy atom. The molecule has 1 aliphatic heterocycles. The van der Waals surface area contributed by atoms with Gasteiger partial charge in [0, 0.05) is 24.4 Å². The molecule has 2 rings (SSSR count). The lowest BCUT2D eigenvalue weighted by atomic mass is 10.0. The van der Waals surface area contributed by atoms with Crippen LogP contribution in [0.5, 0.6) is 0 Å². The minimum atomic E-state index is -0.587. The van der Waals surface area contributed by atoms with E-state index in [-0.39, 0.29) is 12.1 Å². The molecule has 0 aliphatic carbocycles. The Kier molecular flexibility index (Phi) is 8.77. The van der Waals surface area contributed by atoms with Gasteiger partial charge in [0.25, 0.3) is 0 Å². The summed E-state index contributed by atoms with van der Waals surface area (Å²) in [6.07, 6.45) is 4.44. The maximum atomic E-state index is 12.2. The molecule has 0 unspecified atom stereocenters. The van der Waals surface area contributed by atoms with E-state index in [4.69, 9.17) is 4.74 Å². The average Bonchev–Trinajstić information content (AvgIpc) is 2.67. The highest BCUT2D eigenvalue weighted by atomic mass is 32.2. The Hall–Kier alpha value is -1.73. The number of amides is 2. The second-order valence-corrected chi connectivity index (χ2v) is 7.65. The molecule has 0 spiro atoms. The van der Waals surface area contributed by atoms with Gasteiger partial charge in [-0.15, -0.1) is 0 Å². The van der Waals surface area contributed by atoms with Crippen LogP contribution in [-0.2, 0) is 16.1 Å². The van der Waals surface area contributed by atoms with Crippen molar-refractivity contribution in [2.45, 2.75) is 37.9 Å². The first-order valence-corrected chi connectivity index (χ1v) is 10.5. The van der Waals surface area contributed by atoms with Crippen LogP contribution in [-0.4, -0.2) is 56.3 Å². The second-order valence-electron chi connectivity index (χ2n) is 6.66. The van der Waals surface area contributed by atoms with Crippen LogP contribution in [0.4, 0.5) is 4.79 Å². The Morgan fingerprint density at radius 3 is 2.58 bits per heavy atom. The van der Waals surface area contributed by atoms with Crippen molar-refractivity contribution in [1.29, 1.82) is 0 Å². The van der Waals surface area contributed by atoms with Gasteiger partial charge in [0.2, 0.25) is 0 Å². The number of hydrogen-bond donors (Lipinski definition) is 3. The molecule has 1 atom stereocenters. The zero-order valence-electron chi connectivity index (χ0n) is 15.6. The molecule has 1 aromatic rings. The molecule has 1 saturated heterocycles. The number of thioether (sulfide) groups is 1. The van der Waals surface area contributed by atoms with E-state index in [1.165, 1.54) is 12.7 Å². The molecule has 0 saturated carbocycles. The van der Waals surface area contributed by atoms with Crippen LogP contribution in [0.15, 0.2) is 30.3 Å². The van der Waals surface area contributed by atoms with Crippen LogP contribution in [0.1, 0.15) is 24.8 Å². The SMILES string of the molecule is COC(=O)[C@H](CCSC)NC(=O)NC1CC[NH+](Cc2ccccc2)CC1. The molecule has 3 N–H and O–H groups in total. The monoisotopic (exact) mass is 380 g/mol. The van der Waals surface area contributed by atoms with Crippen molar-refractivity contribution in [3.05, 3.63) is 35.9 Å². The van der Waals surface area contributed by atoms with Gasteiger partial charge in [0.15, 0.2) is 0 Å². The van der Waals surface area contributed by atoms with E-state index in [0.29, 0.717) is 6.42 Å². The highest BCUT2D eigenvalue weighted by Gasteiger charge is 2.26. The quantitative estimate of drug-likeness (QED) is 0.584. The fourth-order valence-electron chi connectivity index (χ4n) is 3.24. The summed E-state index contributed by atoms with van der Waals surface area (Å²) in [5, 5.41) is 5.77. The molecule has 1 fully saturated rings. The third kappa shape index (κ3) is 6.88. The normalized spacial score (nSPS) is 20.8. The lowest BCUT2D eigenvalue weighted by molar-refractivity contribution is -0.918. The van der Waals surface area contributed by atoms with Crippen molar-refractivity contribution in [2.75, 3.05) is 32.2 Å². The number of methoxy groups -OCH3 is 1. The van der Waals surface area contributed by atoms with Crippen LogP contribution in [0.25, 0.3) is 0 Å². The molecule has 6 nitrogen and oxygen atoms in total. The van der Waals surface area contributed by atoms with Crippen LogP contribution in [0, 0.1) is 0 Å². The summed E-state index contributed by atoms with van der Waals surface area (Å²) in [6.45, 7) is 3.10. The largest absolute Gasteiger partial charge is 0.467 e. The molecule has 1 aliphatic rings. The van der Waals surface area contributed by atoms with Gasteiger partial charge < -0.3 is 20.3 Å². The van der Waals surface area contributed by atoms with Gasteiger partial charge in [-0.25, -0.2) is 9.59 Å². The highest BCUT2D eigenvalue weighted by Crippen LogP contribution is 2.04. The molecule has 26 heavy (non-hydrogen) atoms. The lowest BCUT2D eigenvalue weighted by Gasteiger charge is -2.30. The molecular weight excluding hydrogens is 350 g/mol. The lowest BCUT2D eigenvalue weighted by Crippen LogP contribution is -3.12. The van der Waals surface area contributed by atoms with Gasteiger partial charge in [0.05, 0.1) is 20.2 Å². The maximum absolute atomic E-state index is 12.2. The number of quaternary nitrogens is 1. The number of rotatable bonds is 8. The molecule has 7 heteroatoms. The standard InChI is InChI=1S/C19H29N3O3S/c1-25-18(23)17(10-13-26-2)21-19(24)20-16-8-11-22(12-9-16)14-15-6-4-3-5-7-15/h3-7,16-17H,8-14H2,1-2H3,(H2,20,21,24)/p+1/t17-/m0/s1. The van der Waals surface area contributed by atoms with Crippen molar-refractivity contribution in [3.8, 4) is 0 Å². The molecule has 1 heterocycles. The number of carbonyl (C=O) groups is 2. The minimum absolute atomic E-state index is 0.161. The van der Waals surface area contributed by atoms with Gasteiger partial charge in [-0.2, -0.15) is 11.8 Å². The number of nitrogens with one attached hydrogen (secondary N) is 3. The third-order valence-corrected chi connectivity index (χ3v) is 5.37. The van der Waals surface area contributed by atoms with Crippen LogP contribution in [0.3, 0.4) is 0 Å². The number of hydrogen-bond acceptors (Lipinski definition) is 4. The number of esters is 1. The second kappa shape index (κ2) is 11.1. The van der Waals surface area contributed by atoms with Crippen molar-refractivity contribution < 1.29 is 19.2 Å².